The van der Waals surface area contributed by atoms with Gasteiger partial charge in [-0.05, 0) is 36.8 Å². The van der Waals surface area contributed by atoms with Gasteiger partial charge in [0.15, 0.2) is 0 Å². The zero-order valence-corrected chi connectivity index (χ0v) is 12.7. The molecule has 0 atom stereocenters. The number of carbonyl (C=O) groups excluding carboxylic acids is 1. The van der Waals surface area contributed by atoms with E-state index in [1.807, 2.05) is 0 Å². The quantitative estimate of drug-likeness (QED) is 0.671. The smallest absolute Gasteiger partial charge is 0.341 e. The summed E-state index contributed by atoms with van der Waals surface area (Å²) in [5.41, 5.74) is 1.38. The van der Waals surface area contributed by atoms with Gasteiger partial charge in [-0.15, -0.1) is 0 Å². The molecule has 0 bridgehead atoms. The first kappa shape index (κ1) is 15.5. The number of aromatic nitrogens is 1. The molecule has 7 heteroatoms. The highest BCUT2D eigenvalue weighted by Gasteiger charge is 2.17. The summed E-state index contributed by atoms with van der Waals surface area (Å²) in [5.74, 6) is -0.775. The third kappa shape index (κ3) is 3.43. The van der Waals surface area contributed by atoms with E-state index in [0.717, 1.165) is 0 Å². The van der Waals surface area contributed by atoms with Crippen LogP contribution in [0.2, 0.25) is 10.2 Å². The number of hydrogen-bond acceptors (Lipinski definition) is 4. The van der Waals surface area contributed by atoms with Crippen molar-refractivity contribution in [1.29, 1.82) is 0 Å². The summed E-state index contributed by atoms with van der Waals surface area (Å²) in [5, 5.41) is 3.11. The second kappa shape index (κ2) is 6.28. The van der Waals surface area contributed by atoms with Crippen molar-refractivity contribution in [2.75, 3.05) is 12.4 Å². The van der Waals surface area contributed by atoms with Crippen LogP contribution in [0.1, 0.15) is 15.9 Å². The number of benzene rings is 1. The van der Waals surface area contributed by atoms with Gasteiger partial charge in [0.2, 0.25) is 0 Å². The van der Waals surface area contributed by atoms with E-state index in [4.69, 9.17) is 23.2 Å². The number of pyridine rings is 1. The molecule has 0 saturated carbocycles. The Kier molecular flexibility index (Phi) is 4.65. The molecule has 0 amide bonds. The maximum absolute atomic E-state index is 13.1. The maximum Gasteiger partial charge on any atom is 0.341 e. The number of hydrogen-bond donors (Lipinski definition) is 1. The van der Waals surface area contributed by atoms with Crippen molar-refractivity contribution in [2.24, 2.45) is 0 Å². The molecule has 1 N–H and O–H groups in total. The van der Waals surface area contributed by atoms with Gasteiger partial charge >= 0.3 is 5.97 Å². The first-order valence-electron chi connectivity index (χ1n) is 5.90. The second-order valence-corrected chi connectivity index (χ2v) is 5.00. The fraction of sp³-hybridized carbons (Fsp3) is 0.143. The molecule has 0 aliphatic rings. The average molecular weight is 329 g/mol. The van der Waals surface area contributed by atoms with E-state index in [0.29, 0.717) is 11.3 Å². The summed E-state index contributed by atoms with van der Waals surface area (Å²) in [6, 6.07) is 5.56. The van der Waals surface area contributed by atoms with Crippen molar-refractivity contribution < 1.29 is 13.9 Å². The number of aryl methyl sites for hydroxylation is 1. The molecule has 0 unspecified atom stereocenters. The van der Waals surface area contributed by atoms with Crippen LogP contribution in [0.3, 0.4) is 0 Å². The van der Waals surface area contributed by atoms with Crippen molar-refractivity contribution >= 4 is 40.7 Å². The topological polar surface area (TPSA) is 51.2 Å². The van der Waals surface area contributed by atoms with Crippen molar-refractivity contribution in [1.82, 2.24) is 4.98 Å². The third-order valence-electron chi connectivity index (χ3n) is 2.78. The Morgan fingerprint density at radius 1 is 1.33 bits per heavy atom. The summed E-state index contributed by atoms with van der Waals surface area (Å²) in [6.45, 7) is 1.72. The van der Waals surface area contributed by atoms with Crippen LogP contribution in [0, 0.1) is 12.7 Å². The van der Waals surface area contributed by atoms with Crippen LogP contribution in [-0.2, 0) is 4.74 Å². The highest BCUT2D eigenvalue weighted by atomic mass is 35.5. The molecule has 110 valence electrons. The zero-order chi connectivity index (χ0) is 15.6. The predicted octanol–water partition coefficient (Wildman–Crippen LogP) is 4.37. The Labute approximate surface area is 130 Å². The molecule has 2 rings (SSSR count). The summed E-state index contributed by atoms with van der Waals surface area (Å²) in [7, 11) is 1.25. The molecule has 0 spiro atoms. The Morgan fingerprint density at radius 3 is 2.67 bits per heavy atom. The molecule has 2 aromatic rings. The SMILES string of the molecule is COC(=O)c1cc(Cl)c(Cl)nc1Nc1ccc(F)cc1C. The molecular formula is C14H11Cl2FN2O2. The number of nitrogens with one attached hydrogen (secondary N) is 1. The maximum atomic E-state index is 13.1. The van der Waals surface area contributed by atoms with Gasteiger partial charge in [0.1, 0.15) is 22.4 Å². The highest BCUT2D eigenvalue weighted by Crippen LogP contribution is 2.29. The summed E-state index contributed by atoms with van der Waals surface area (Å²) < 4.78 is 17.8. The lowest BCUT2D eigenvalue weighted by Gasteiger charge is -2.13. The van der Waals surface area contributed by atoms with Crippen molar-refractivity contribution in [2.45, 2.75) is 6.92 Å². The average Bonchev–Trinajstić information content (AvgIpc) is 2.44. The Hall–Kier alpha value is -1.85. The molecule has 21 heavy (non-hydrogen) atoms. The largest absolute Gasteiger partial charge is 0.465 e. The molecule has 0 aliphatic heterocycles. The van der Waals surface area contributed by atoms with Gasteiger partial charge in [0.25, 0.3) is 0 Å². The number of esters is 1. The lowest BCUT2D eigenvalue weighted by molar-refractivity contribution is 0.0601. The Morgan fingerprint density at radius 2 is 2.05 bits per heavy atom. The highest BCUT2D eigenvalue weighted by molar-refractivity contribution is 6.41. The molecule has 0 aliphatic carbocycles. The number of rotatable bonds is 3. The van der Waals surface area contributed by atoms with Crippen molar-refractivity contribution in [3.63, 3.8) is 0 Å². The Balaban J connectivity index is 2.47. The molecule has 0 fully saturated rings. The van der Waals surface area contributed by atoms with Crippen LogP contribution in [0.25, 0.3) is 0 Å². The van der Waals surface area contributed by atoms with E-state index in [-0.39, 0.29) is 27.4 Å². The van der Waals surface area contributed by atoms with Gasteiger partial charge in [0.05, 0.1) is 12.1 Å². The summed E-state index contributed by atoms with van der Waals surface area (Å²) >= 11 is 11.7. The normalized spacial score (nSPS) is 10.3. The fourth-order valence-corrected chi connectivity index (χ4v) is 2.01. The van der Waals surface area contributed by atoms with E-state index < -0.39 is 5.97 Å². The minimum absolute atomic E-state index is 0.0478. The first-order chi connectivity index (χ1) is 9.92. The van der Waals surface area contributed by atoms with Gasteiger partial charge in [-0.25, -0.2) is 14.2 Å². The van der Waals surface area contributed by atoms with Gasteiger partial charge in [-0.3, -0.25) is 0 Å². The number of ether oxygens (including phenoxy) is 1. The lowest BCUT2D eigenvalue weighted by Crippen LogP contribution is -2.08. The molecule has 4 nitrogen and oxygen atoms in total. The van der Waals surface area contributed by atoms with Crippen LogP contribution in [-0.4, -0.2) is 18.1 Å². The van der Waals surface area contributed by atoms with Crippen molar-refractivity contribution in [3.05, 3.63) is 51.4 Å². The minimum Gasteiger partial charge on any atom is -0.465 e. The van der Waals surface area contributed by atoms with Crippen LogP contribution in [0.4, 0.5) is 15.9 Å². The fourth-order valence-electron chi connectivity index (χ4n) is 1.72. The second-order valence-electron chi connectivity index (χ2n) is 4.23. The van der Waals surface area contributed by atoms with Gasteiger partial charge in [0, 0.05) is 5.69 Å². The van der Waals surface area contributed by atoms with Crippen LogP contribution < -0.4 is 5.32 Å². The number of methoxy groups -OCH3 is 1. The van der Waals surface area contributed by atoms with Gasteiger partial charge in [-0.1, -0.05) is 23.2 Å². The van der Waals surface area contributed by atoms with E-state index in [1.54, 1.807) is 6.92 Å². The minimum atomic E-state index is -0.608. The molecule has 1 aromatic heterocycles. The first-order valence-corrected chi connectivity index (χ1v) is 6.65. The van der Waals surface area contributed by atoms with Crippen LogP contribution >= 0.6 is 23.2 Å². The lowest BCUT2D eigenvalue weighted by atomic mass is 10.2. The molecule has 1 heterocycles. The van der Waals surface area contributed by atoms with Crippen molar-refractivity contribution in [3.8, 4) is 0 Å². The zero-order valence-electron chi connectivity index (χ0n) is 11.2. The number of nitrogens with zero attached hydrogens (tertiary/aromatic N) is 1. The van der Waals surface area contributed by atoms with Gasteiger partial charge in [-0.2, -0.15) is 0 Å². The summed E-state index contributed by atoms with van der Waals surface area (Å²) in [4.78, 5) is 15.8. The van der Waals surface area contributed by atoms with E-state index in [1.165, 1.54) is 31.4 Å². The van der Waals surface area contributed by atoms with E-state index >= 15 is 0 Å². The monoisotopic (exact) mass is 328 g/mol. The Bertz CT molecular complexity index is 708. The summed E-state index contributed by atoms with van der Waals surface area (Å²) in [6.07, 6.45) is 0. The van der Waals surface area contributed by atoms with Crippen LogP contribution in [0.15, 0.2) is 24.3 Å². The van der Waals surface area contributed by atoms with E-state index in [2.05, 4.69) is 15.0 Å². The third-order valence-corrected chi connectivity index (χ3v) is 3.45. The number of carbonyl (C=O) groups is 1. The molecule has 0 radical (unpaired) electrons. The van der Waals surface area contributed by atoms with Crippen LogP contribution in [0.5, 0.6) is 0 Å². The number of anilines is 2. The molecule has 0 saturated heterocycles. The predicted molar refractivity (Wildman–Crippen MR) is 80.0 cm³/mol. The molecular weight excluding hydrogens is 318 g/mol. The van der Waals surface area contributed by atoms with E-state index in [9.17, 15) is 9.18 Å². The standard InChI is InChI=1S/C14H11Cl2FN2O2/c1-7-5-8(17)3-4-11(7)18-13-9(14(20)21-2)6-10(15)12(16)19-13/h3-6H,1-2H3,(H,18,19). The van der Waals surface area contributed by atoms with Gasteiger partial charge < -0.3 is 10.1 Å². The molecule has 1 aromatic carbocycles. The number of halogens is 3.